The largest absolute Gasteiger partial charge is 0.129 e. The average Bonchev–Trinajstić information content (AvgIpc) is 3.44. The summed E-state index contributed by atoms with van der Waals surface area (Å²) in [6, 6.07) is 4.94. The summed E-state index contributed by atoms with van der Waals surface area (Å²) < 4.78 is 6.09. The van der Waals surface area contributed by atoms with Gasteiger partial charge >= 0.3 is 0 Å². The van der Waals surface area contributed by atoms with Gasteiger partial charge in [0.05, 0.1) is 17.4 Å². The Labute approximate surface area is 183 Å². The van der Waals surface area contributed by atoms with Crippen molar-refractivity contribution < 1.29 is 0 Å². The van der Waals surface area contributed by atoms with Gasteiger partial charge in [-0.25, -0.2) is 0 Å². The van der Waals surface area contributed by atoms with Crippen LogP contribution >= 0.6 is 45.3 Å². The van der Waals surface area contributed by atoms with Crippen molar-refractivity contribution in [3.63, 3.8) is 0 Å². The number of hydrogen-bond donors (Lipinski definition) is 0. The number of thiophene rings is 4. The van der Waals surface area contributed by atoms with Gasteiger partial charge in [0.15, 0.2) is 0 Å². The van der Waals surface area contributed by atoms with Crippen molar-refractivity contribution in [2.24, 2.45) is 0 Å². The van der Waals surface area contributed by atoms with Gasteiger partial charge in [-0.2, -0.15) is 0 Å². The van der Waals surface area contributed by atoms with E-state index in [2.05, 4.69) is 37.3 Å². The van der Waals surface area contributed by atoms with Crippen molar-refractivity contribution in [1.82, 2.24) is 0 Å². The van der Waals surface area contributed by atoms with Gasteiger partial charge in [-0.3, -0.25) is 0 Å². The highest BCUT2D eigenvalue weighted by Gasteiger charge is 2.17. The van der Waals surface area contributed by atoms with Crippen molar-refractivity contribution in [1.29, 1.82) is 0 Å². The van der Waals surface area contributed by atoms with Crippen LogP contribution in [0.25, 0.3) is 33.8 Å². The van der Waals surface area contributed by atoms with E-state index in [4.69, 9.17) is 0 Å². The highest BCUT2D eigenvalue weighted by Crippen LogP contribution is 2.50. The predicted molar refractivity (Wildman–Crippen MR) is 134 cm³/mol. The maximum absolute atomic E-state index is 2.50. The smallest absolute Gasteiger partial charge is 0.0892 e. The molecule has 0 saturated heterocycles. The van der Waals surface area contributed by atoms with E-state index >= 15 is 0 Å². The molecule has 0 radical (unpaired) electrons. The molecule has 0 fully saturated rings. The minimum atomic E-state index is 1.18. The van der Waals surface area contributed by atoms with Crippen LogP contribution in [-0.4, -0.2) is 0 Å². The lowest BCUT2D eigenvalue weighted by molar-refractivity contribution is 0.609. The fourth-order valence-electron chi connectivity index (χ4n) is 4.04. The van der Waals surface area contributed by atoms with Crippen LogP contribution in [0.5, 0.6) is 0 Å². The third-order valence-corrected chi connectivity index (χ3v) is 10.8. The van der Waals surface area contributed by atoms with E-state index in [0.717, 1.165) is 0 Å². The molecule has 0 nitrogen and oxygen atoms in total. The molecule has 0 atom stereocenters. The summed E-state index contributed by atoms with van der Waals surface area (Å²) >= 11 is 8.07. The van der Waals surface area contributed by atoms with Crippen molar-refractivity contribution in [2.75, 3.05) is 0 Å². The minimum Gasteiger partial charge on any atom is -0.129 e. The average molecular weight is 443 g/mol. The first-order chi connectivity index (χ1) is 13.8. The van der Waals surface area contributed by atoms with E-state index in [0.29, 0.717) is 0 Å². The molecule has 5 rings (SSSR count). The quantitative estimate of drug-likeness (QED) is 0.238. The van der Waals surface area contributed by atoms with E-state index in [-0.39, 0.29) is 0 Å². The SMILES string of the molecule is CCCCCCCCc1cc2c(s1)sc1c3cc(C4=CCCC=C4)sc3sc21. The number of rotatable bonds is 8. The summed E-state index contributed by atoms with van der Waals surface area (Å²) in [5, 5.41) is 3.02. The van der Waals surface area contributed by atoms with Crippen LogP contribution < -0.4 is 0 Å². The second-order valence-corrected chi connectivity index (χ2v) is 12.5. The maximum Gasteiger partial charge on any atom is 0.0892 e. The third-order valence-electron chi connectivity index (χ3n) is 5.59. The number of aryl methyl sites for hydroxylation is 1. The normalized spacial score (nSPS) is 14.7. The fourth-order valence-corrected chi connectivity index (χ4v) is 9.68. The van der Waals surface area contributed by atoms with Crippen LogP contribution in [-0.2, 0) is 6.42 Å². The van der Waals surface area contributed by atoms with Gasteiger partial charge in [0.25, 0.3) is 0 Å². The van der Waals surface area contributed by atoms with Gasteiger partial charge in [-0.15, -0.1) is 45.3 Å². The third kappa shape index (κ3) is 3.65. The standard InChI is InChI=1S/C24H26S4/c1-2-3-4-5-6-10-13-17-14-18-21-22(27-23(18)25-17)19-15-20(26-24(19)28-21)16-11-8-7-9-12-16/h8,11-12,14-15H,2-7,9-10,13H2,1H3. The molecule has 0 bridgehead atoms. The van der Waals surface area contributed by atoms with Crippen molar-refractivity contribution >= 4 is 79.1 Å². The van der Waals surface area contributed by atoms with Crippen molar-refractivity contribution in [3.05, 3.63) is 40.1 Å². The molecule has 4 heterocycles. The van der Waals surface area contributed by atoms with Crippen molar-refractivity contribution in [2.45, 2.75) is 64.7 Å². The summed E-state index contributed by atoms with van der Waals surface area (Å²) in [5.74, 6) is 0. The Balaban J connectivity index is 1.36. The molecule has 0 aliphatic heterocycles. The second-order valence-electron chi connectivity index (χ2n) is 7.74. The number of fused-ring (bicyclic) bond motifs is 5. The fraction of sp³-hybridized carbons (Fsp3) is 0.417. The molecule has 1 aliphatic carbocycles. The summed E-state index contributed by atoms with van der Waals surface area (Å²) in [7, 11) is 0. The second kappa shape index (κ2) is 8.43. The lowest BCUT2D eigenvalue weighted by Gasteiger charge is -2.03. The van der Waals surface area contributed by atoms with Gasteiger partial charge in [0.2, 0.25) is 0 Å². The molecule has 0 amide bonds. The Kier molecular flexibility index (Phi) is 5.74. The molecule has 0 aromatic carbocycles. The Morgan fingerprint density at radius 1 is 0.786 bits per heavy atom. The number of hydrogen-bond acceptors (Lipinski definition) is 4. The van der Waals surface area contributed by atoms with Crippen LogP contribution in [0.4, 0.5) is 0 Å². The zero-order valence-electron chi connectivity index (χ0n) is 16.4. The summed E-state index contributed by atoms with van der Waals surface area (Å²) in [4.78, 5) is 3.04. The highest BCUT2D eigenvalue weighted by atomic mass is 32.2. The zero-order chi connectivity index (χ0) is 18.9. The molecule has 4 heteroatoms. The molecule has 4 aromatic heterocycles. The van der Waals surface area contributed by atoms with Crippen LogP contribution in [0.1, 0.15) is 68.0 Å². The van der Waals surface area contributed by atoms with Crippen molar-refractivity contribution in [3.8, 4) is 0 Å². The lowest BCUT2D eigenvalue weighted by atomic mass is 10.1. The molecular weight excluding hydrogens is 417 g/mol. The van der Waals surface area contributed by atoms with E-state index in [9.17, 15) is 0 Å². The van der Waals surface area contributed by atoms with Gasteiger partial charge in [-0.1, -0.05) is 57.3 Å². The van der Waals surface area contributed by atoms with Gasteiger partial charge in [0, 0.05) is 20.5 Å². The molecule has 0 unspecified atom stereocenters. The summed E-state index contributed by atoms with van der Waals surface area (Å²) in [5.41, 5.74) is 1.42. The molecule has 0 saturated carbocycles. The van der Waals surface area contributed by atoms with Gasteiger partial charge in [-0.05, 0) is 43.4 Å². The highest BCUT2D eigenvalue weighted by molar-refractivity contribution is 7.49. The number of unbranched alkanes of at least 4 members (excludes halogenated alkanes) is 5. The molecule has 4 aromatic rings. The van der Waals surface area contributed by atoms with E-state index in [1.165, 1.54) is 96.4 Å². The Morgan fingerprint density at radius 3 is 2.32 bits per heavy atom. The number of allylic oxidation sites excluding steroid dienone is 4. The Bertz CT molecular complexity index is 1160. The van der Waals surface area contributed by atoms with Crippen LogP contribution in [0.3, 0.4) is 0 Å². The predicted octanol–water partition coefficient (Wildman–Crippen LogP) is 10.0. The van der Waals surface area contributed by atoms with Gasteiger partial charge < -0.3 is 0 Å². The first-order valence-corrected chi connectivity index (χ1v) is 13.8. The van der Waals surface area contributed by atoms with Crippen LogP contribution in [0.2, 0.25) is 0 Å². The summed E-state index contributed by atoms with van der Waals surface area (Å²) in [6.07, 6.45) is 19.0. The molecule has 28 heavy (non-hydrogen) atoms. The van der Waals surface area contributed by atoms with Crippen LogP contribution in [0, 0.1) is 0 Å². The van der Waals surface area contributed by atoms with Gasteiger partial charge in [0.1, 0.15) is 0 Å². The first kappa shape index (κ1) is 19.0. The molecule has 0 spiro atoms. The monoisotopic (exact) mass is 442 g/mol. The van der Waals surface area contributed by atoms with E-state index in [1.807, 2.05) is 45.3 Å². The lowest BCUT2D eigenvalue weighted by Crippen LogP contribution is -1.82. The Morgan fingerprint density at radius 2 is 1.54 bits per heavy atom. The molecule has 0 N–H and O–H groups in total. The summed E-state index contributed by atoms with van der Waals surface area (Å²) in [6.45, 7) is 2.29. The zero-order valence-corrected chi connectivity index (χ0v) is 19.6. The molecule has 1 aliphatic rings. The minimum absolute atomic E-state index is 1.18. The topological polar surface area (TPSA) is 0 Å². The van der Waals surface area contributed by atoms with E-state index in [1.54, 1.807) is 4.88 Å². The Hall–Kier alpha value is -0.940. The molecule has 146 valence electrons. The van der Waals surface area contributed by atoms with E-state index < -0.39 is 0 Å². The maximum atomic E-state index is 2.50. The molecular formula is C24H26S4. The van der Waals surface area contributed by atoms with Crippen LogP contribution in [0.15, 0.2) is 30.4 Å². The first-order valence-electron chi connectivity index (χ1n) is 10.6.